The lowest BCUT2D eigenvalue weighted by Gasteiger charge is -2.18. The largest absolute Gasteiger partial charge is 0.457 e. The second-order valence-corrected chi connectivity index (χ2v) is 4.73. The van der Waals surface area contributed by atoms with Crippen LogP contribution in [0.5, 0.6) is 0 Å². The molecule has 2 heterocycles. The van der Waals surface area contributed by atoms with E-state index < -0.39 is 17.5 Å². The molecule has 0 bridgehead atoms. The summed E-state index contributed by atoms with van der Waals surface area (Å²) in [7, 11) is 0. The van der Waals surface area contributed by atoms with E-state index in [1.165, 1.54) is 12.3 Å². The Bertz CT molecular complexity index is 543. The van der Waals surface area contributed by atoms with Crippen molar-refractivity contribution in [2.45, 2.75) is 26.4 Å². The number of hydrogen-bond acceptors (Lipinski definition) is 6. The van der Waals surface area contributed by atoms with Gasteiger partial charge in [-0.1, -0.05) is 0 Å². The first-order valence-corrected chi connectivity index (χ1v) is 5.36. The molecule has 0 unspecified atom stereocenters. The first kappa shape index (κ1) is 12.2. The molecule has 6 heteroatoms. The van der Waals surface area contributed by atoms with Crippen molar-refractivity contribution in [1.82, 2.24) is 10.2 Å². The third-order valence-electron chi connectivity index (χ3n) is 2.03. The topological polar surface area (TPSA) is 78.4 Å². The van der Waals surface area contributed by atoms with Gasteiger partial charge < -0.3 is 9.47 Å². The molecule has 1 aliphatic rings. The quantitative estimate of drug-likeness (QED) is 0.551. The number of ether oxygens (including phenoxy) is 2. The van der Waals surface area contributed by atoms with Crippen molar-refractivity contribution in [3.63, 3.8) is 0 Å². The Balaban J connectivity index is 2.27. The maximum Gasteiger partial charge on any atom is 0.346 e. The molecule has 0 fully saturated rings. The molecule has 0 radical (unpaired) electrons. The van der Waals surface area contributed by atoms with Gasteiger partial charge in [0.2, 0.25) is 0 Å². The maximum absolute atomic E-state index is 11.6. The molecule has 0 aliphatic carbocycles. The Morgan fingerprint density at radius 2 is 2.17 bits per heavy atom. The normalized spacial score (nSPS) is 16.4. The molecule has 0 N–H and O–H groups in total. The third kappa shape index (κ3) is 2.53. The first-order chi connectivity index (χ1) is 8.37. The summed E-state index contributed by atoms with van der Waals surface area (Å²) in [6, 6.07) is 1.49. The molecule has 1 aromatic rings. The van der Waals surface area contributed by atoms with Gasteiger partial charge in [0, 0.05) is 0 Å². The lowest BCUT2D eigenvalue weighted by atomic mass is 10.2. The highest BCUT2D eigenvalue weighted by Crippen LogP contribution is 2.26. The van der Waals surface area contributed by atoms with Gasteiger partial charge in [-0.3, -0.25) is 0 Å². The third-order valence-corrected chi connectivity index (χ3v) is 2.03. The van der Waals surface area contributed by atoms with E-state index in [-0.39, 0.29) is 11.5 Å². The van der Waals surface area contributed by atoms with E-state index >= 15 is 0 Å². The van der Waals surface area contributed by atoms with Crippen LogP contribution in [0.1, 0.15) is 36.8 Å². The van der Waals surface area contributed by atoms with Crippen LogP contribution < -0.4 is 0 Å². The molecule has 0 saturated carbocycles. The molecule has 1 aromatic heterocycles. The molecule has 6 nitrogen and oxygen atoms in total. The summed E-state index contributed by atoms with van der Waals surface area (Å²) in [6.07, 6.45) is 2.49. The average molecular weight is 248 g/mol. The minimum atomic E-state index is -0.609. The van der Waals surface area contributed by atoms with E-state index in [2.05, 4.69) is 10.2 Å². The van der Waals surface area contributed by atoms with Gasteiger partial charge in [0.25, 0.3) is 0 Å². The predicted octanol–water partition coefficient (Wildman–Crippen LogP) is 1.33. The van der Waals surface area contributed by atoms with Crippen molar-refractivity contribution in [3.05, 3.63) is 29.6 Å². The smallest absolute Gasteiger partial charge is 0.346 e. The number of esters is 2. The van der Waals surface area contributed by atoms with E-state index in [1.807, 2.05) is 0 Å². The lowest BCUT2D eigenvalue weighted by molar-refractivity contribution is -0.148. The van der Waals surface area contributed by atoms with Crippen LogP contribution in [0.25, 0.3) is 5.76 Å². The van der Waals surface area contributed by atoms with Gasteiger partial charge in [0.1, 0.15) is 11.3 Å². The van der Waals surface area contributed by atoms with Crippen LogP contribution in [0.2, 0.25) is 0 Å². The molecule has 0 saturated heterocycles. The number of rotatable bonds is 1. The minimum absolute atomic E-state index is 0.0670. The van der Waals surface area contributed by atoms with Crippen LogP contribution in [-0.4, -0.2) is 27.7 Å². The summed E-state index contributed by atoms with van der Waals surface area (Å²) in [5.74, 6) is -1.07. The van der Waals surface area contributed by atoms with Gasteiger partial charge in [-0.15, -0.1) is 5.10 Å². The molecule has 0 atom stereocenters. The Kier molecular flexibility index (Phi) is 2.86. The number of hydrogen-bond donors (Lipinski definition) is 0. The van der Waals surface area contributed by atoms with Gasteiger partial charge in [-0.2, -0.15) is 5.10 Å². The first-order valence-electron chi connectivity index (χ1n) is 5.36. The Morgan fingerprint density at radius 3 is 2.83 bits per heavy atom. The lowest BCUT2D eigenvalue weighted by Crippen LogP contribution is -2.22. The molecule has 94 valence electrons. The second-order valence-electron chi connectivity index (χ2n) is 4.73. The molecule has 18 heavy (non-hydrogen) atoms. The number of cyclic esters (lactones) is 1. The molecule has 0 spiro atoms. The fourth-order valence-electron chi connectivity index (χ4n) is 1.42. The summed E-state index contributed by atoms with van der Waals surface area (Å²) >= 11 is 0. The van der Waals surface area contributed by atoms with Crippen LogP contribution >= 0.6 is 0 Å². The highest BCUT2D eigenvalue weighted by Gasteiger charge is 2.29. The van der Waals surface area contributed by atoms with Gasteiger partial charge >= 0.3 is 11.9 Å². The Morgan fingerprint density at radius 1 is 1.44 bits per heavy atom. The average Bonchev–Trinajstić information content (AvgIpc) is 2.54. The van der Waals surface area contributed by atoms with Crippen LogP contribution in [0.4, 0.5) is 0 Å². The van der Waals surface area contributed by atoms with Gasteiger partial charge in [0.15, 0.2) is 5.76 Å². The molecule has 2 rings (SSSR count). The monoisotopic (exact) mass is 248 g/mol. The predicted molar refractivity (Wildman–Crippen MR) is 61.3 cm³/mol. The number of carbonyl (C=O) groups is 2. The van der Waals surface area contributed by atoms with Crippen molar-refractivity contribution in [2.75, 3.05) is 0 Å². The molecular weight excluding hydrogens is 236 g/mol. The van der Waals surface area contributed by atoms with Crippen molar-refractivity contribution in [3.8, 4) is 0 Å². The highest BCUT2D eigenvalue weighted by atomic mass is 16.6. The van der Waals surface area contributed by atoms with Crippen molar-refractivity contribution < 1.29 is 19.1 Å². The van der Waals surface area contributed by atoms with Gasteiger partial charge in [0.05, 0.1) is 17.8 Å². The summed E-state index contributed by atoms with van der Waals surface area (Å²) in [5, 5.41) is 7.42. The zero-order valence-corrected chi connectivity index (χ0v) is 10.3. The van der Waals surface area contributed by atoms with Crippen LogP contribution in [0.15, 0.2) is 18.3 Å². The van der Waals surface area contributed by atoms with Crippen LogP contribution in [0, 0.1) is 0 Å². The molecule has 0 amide bonds. The number of carbonyl (C=O) groups excluding carboxylic acids is 2. The van der Waals surface area contributed by atoms with Gasteiger partial charge in [-0.05, 0) is 26.8 Å². The van der Waals surface area contributed by atoms with Gasteiger partial charge in [-0.25, -0.2) is 9.59 Å². The molecular formula is C12H12N2O4. The zero-order chi connectivity index (χ0) is 13.3. The Hall–Kier alpha value is -2.24. The fraction of sp³-hybridized carbons (Fsp3) is 0.333. The van der Waals surface area contributed by atoms with Crippen molar-refractivity contribution >= 4 is 17.7 Å². The molecule has 1 aliphatic heterocycles. The fourth-order valence-corrected chi connectivity index (χ4v) is 1.42. The van der Waals surface area contributed by atoms with Crippen LogP contribution in [-0.2, 0) is 14.3 Å². The second kappa shape index (κ2) is 4.21. The Labute approximate surface area is 104 Å². The number of fused-ring (bicyclic) bond motifs is 1. The van der Waals surface area contributed by atoms with E-state index in [1.54, 1.807) is 20.8 Å². The van der Waals surface area contributed by atoms with Crippen molar-refractivity contribution in [1.29, 1.82) is 0 Å². The molecule has 0 aromatic carbocycles. The van der Waals surface area contributed by atoms with Crippen LogP contribution in [0.3, 0.4) is 0 Å². The SMILES string of the molecule is CC(C)(C)OC(=O)/C=C1\OC(=O)c2ccnnc21. The summed E-state index contributed by atoms with van der Waals surface area (Å²) < 4.78 is 10.0. The zero-order valence-electron chi connectivity index (χ0n) is 10.3. The standard InChI is InChI=1S/C12H12N2O4/c1-12(2,3)18-9(15)6-8-10-7(11(16)17-8)4-5-13-14-10/h4-6H,1-3H3/b8-6-. The van der Waals surface area contributed by atoms with E-state index in [4.69, 9.17) is 9.47 Å². The summed E-state index contributed by atoms with van der Waals surface area (Å²) in [5.41, 5.74) is -0.0599. The summed E-state index contributed by atoms with van der Waals surface area (Å²) in [6.45, 7) is 5.24. The minimum Gasteiger partial charge on any atom is -0.457 e. The van der Waals surface area contributed by atoms with Crippen molar-refractivity contribution in [2.24, 2.45) is 0 Å². The highest BCUT2D eigenvalue weighted by molar-refractivity contribution is 6.04. The number of nitrogens with zero attached hydrogens (tertiary/aromatic N) is 2. The summed E-state index contributed by atoms with van der Waals surface area (Å²) in [4.78, 5) is 23.1. The van der Waals surface area contributed by atoms with E-state index in [0.29, 0.717) is 5.56 Å². The van der Waals surface area contributed by atoms with E-state index in [9.17, 15) is 9.59 Å². The van der Waals surface area contributed by atoms with E-state index in [0.717, 1.165) is 6.08 Å². The maximum atomic E-state index is 11.6. The number of aromatic nitrogens is 2.